The number of ether oxygens (including phenoxy) is 1. The van der Waals surface area contributed by atoms with Crippen molar-refractivity contribution < 1.29 is 14.3 Å². The van der Waals surface area contributed by atoms with Gasteiger partial charge in [0.15, 0.2) is 0 Å². The Morgan fingerprint density at radius 1 is 1.39 bits per heavy atom. The Balaban J connectivity index is 4.06. The first kappa shape index (κ1) is 17.2. The van der Waals surface area contributed by atoms with Crippen molar-refractivity contribution in [3.8, 4) is 0 Å². The molecule has 0 bridgehead atoms. The summed E-state index contributed by atoms with van der Waals surface area (Å²) in [4.78, 5) is 24.7. The van der Waals surface area contributed by atoms with E-state index in [1.807, 2.05) is 27.0 Å². The van der Waals surface area contributed by atoms with Crippen molar-refractivity contribution in [3.63, 3.8) is 0 Å². The maximum Gasteiger partial charge on any atom is 0.308 e. The minimum absolute atomic E-state index is 0.145. The van der Waals surface area contributed by atoms with Crippen molar-refractivity contribution in [3.05, 3.63) is 0 Å². The molecule has 0 saturated heterocycles. The third-order valence-corrected chi connectivity index (χ3v) is 2.80. The van der Waals surface area contributed by atoms with Gasteiger partial charge in [-0.2, -0.15) is 11.8 Å². The van der Waals surface area contributed by atoms with Crippen LogP contribution in [-0.2, 0) is 14.3 Å². The molecule has 0 aliphatic carbocycles. The van der Waals surface area contributed by atoms with Gasteiger partial charge in [-0.05, 0) is 27.0 Å². The third-order valence-electron chi connectivity index (χ3n) is 2.11. The zero-order valence-corrected chi connectivity index (χ0v) is 12.7. The molecule has 1 atom stereocenters. The molecule has 0 aromatic carbocycles. The van der Waals surface area contributed by atoms with Crippen molar-refractivity contribution in [1.82, 2.24) is 4.90 Å². The molecule has 18 heavy (non-hydrogen) atoms. The molecule has 1 unspecified atom stereocenters. The van der Waals surface area contributed by atoms with E-state index in [2.05, 4.69) is 0 Å². The molecule has 0 radical (unpaired) electrons. The van der Waals surface area contributed by atoms with Crippen molar-refractivity contribution in [2.24, 2.45) is 5.73 Å². The number of thioether (sulfide) groups is 1. The first-order valence-corrected chi connectivity index (χ1v) is 7.28. The van der Waals surface area contributed by atoms with Gasteiger partial charge < -0.3 is 15.4 Å². The van der Waals surface area contributed by atoms with Gasteiger partial charge in [-0.1, -0.05) is 0 Å². The highest BCUT2D eigenvalue weighted by molar-refractivity contribution is 7.98. The van der Waals surface area contributed by atoms with Gasteiger partial charge in [0.25, 0.3) is 0 Å². The molecule has 0 aromatic heterocycles. The van der Waals surface area contributed by atoms with Gasteiger partial charge in [-0.25, -0.2) is 0 Å². The Kier molecular flexibility index (Phi) is 7.32. The third kappa shape index (κ3) is 7.55. The molecular weight excluding hydrogens is 252 g/mol. The number of hydrogen-bond donors (Lipinski definition) is 1. The molecule has 0 rings (SSSR count). The fourth-order valence-electron chi connectivity index (χ4n) is 1.30. The van der Waals surface area contributed by atoms with E-state index in [1.165, 1.54) is 16.7 Å². The molecule has 5 nitrogen and oxygen atoms in total. The Bertz CT molecular complexity index is 290. The Labute approximate surface area is 113 Å². The number of carbonyl (C=O) groups excluding carboxylic acids is 2. The number of esters is 1. The summed E-state index contributed by atoms with van der Waals surface area (Å²) in [7, 11) is 1.65. The van der Waals surface area contributed by atoms with Crippen molar-refractivity contribution in [2.75, 3.05) is 25.6 Å². The van der Waals surface area contributed by atoms with Gasteiger partial charge in [-0.15, -0.1) is 0 Å². The Morgan fingerprint density at radius 3 is 2.39 bits per heavy atom. The quantitative estimate of drug-likeness (QED) is 0.729. The number of rotatable bonds is 6. The van der Waals surface area contributed by atoms with Gasteiger partial charge in [-0.3, -0.25) is 9.59 Å². The number of nitrogens with two attached hydrogens (primary N) is 1. The SMILES string of the molecule is CSCC(N)C(=O)N(C)CCC(=O)OC(C)(C)C. The molecule has 0 aliphatic rings. The highest BCUT2D eigenvalue weighted by atomic mass is 32.2. The average Bonchev–Trinajstić information content (AvgIpc) is 2.22. The zero-order chi connectivity index (χ0) is 14.3. The number of nitrogens with zero attached hydrogens (tertiary/aromatic N) is 1. The summed E-state index contributed by atoms with van der Waals surface area (Å²) in [6, 6.07) is -0.511. The van der Waals surface area contributed by atoms with Crippen LogP contribution >= 0.6 is 11.8 Å². The summed E-state index contributed by atoms with van der Waals surface area (Å²) in [6.07, 6.45) is 2.08. The lowest BCUT2D eigenvalue weighted by Crippen LogP contribution is -2.44. The van der Waals surface area contributed by atoms with E-state index in [0.717, 1.165) is 0 Å². The molecule has 106 valence electrons. The Morgan fingerprint density at radius 2 is 1.94 bits per heavy atom. The van der Waals surface area contributed by atoms with Crippen LogP contribution in [0.25, 0.3) is 0 Å². The van der Waals surface area contributed by atoms with Crippen LogP contribution in [0.3, 0.4) is 0 Å². The minimum Gasteiger partial charge on any atom is -0.460 e. The van der Waals surface area contributed by atoms with E-state index in [1.54, 1.807) is 7.05 Å². The predicted molar refractivity (Wildman–Crippen MR) is 74.5 cm³/mol. The number of amides is 1. The highest BCUT2D eigenvalue weighted by Gasteiger charge is 2.20. The van der Waals surface area contributed by atoms with E-state index < -0.39 is 11.6 Å². The molecular formula is C12H24N2O3S. The molecule has 0 heterocycles. The fraction of sp³-hybridized carbons (Fsp3) is 0.833. The molecule has 2 N–H and O–H groups in total. The maximum atomic E-state index is 11.8. The molecule has 0 saturated carbocycles. The van der Waals surface area contributed by atoms with Crippen LogP contribution < -0.4 is 5.73 Å². The highest BCUT2D eigenvalue weighted by Crippen LogP contribution is 2.08. The van der Waals surface area contributed by atoms with Crippen molar-refractivity contribution in [2.45, 2.75) is 38.8 Å². The van der Waals surface area contributed by atoms with Gasteiger partial charge in [0.1, 0.15) is 5.60 Å². The standard InChI is InChI=1S/C12H24N2O3S/c1-12(2,3)17-10(15)6-7-14(4)11(16)9(13)8-18-5/h9H,6-8,13H2,1-5H3. The lowest BCUT2D eigenvalue weighted by molar-refractivity contribution is -0.155. The van der Waals surface area contributed by atoms with E-state index >= 15 is 0 Å². The lowest BCUT2D eigenvalue weighted by Gasteiger charge is -2.23. The maximum absolute atomic E-state index is 11.8. The van der Waals surface area contributed by atoms with Gasteiger partial charge >= 0.3 is 5.97 Å². The van der Waals surface area contributed by atoms with E-state index in [0.29, 0.717) is 12.3 Å². The molecule has 1 amide bonds. The van der Waals surface area contributed by atoms with Crippen molar-refractivity contribution in [1.29, 1.82) is 0 Å². The fourth-order valence-corrected chi connectivity index (χ4v) is 1.80. The lowest BCUT2D eigenvalue weighted by atomic mass is 10.2. The van der Waals surface area contributed by atoms with Crippen LogP contribution in [0.2, 0.25) is 0 Å². The average molecular weight is 276 g/mol. The van der Waals surface area contributed by atoms with Crippen LogP contribution in [0, 0.1) is 0 Å². The topological polar surface area (TPSA) is 72.6 Å². The smallest absolute Gasteiger partial charge is 0.308 e. The summed E-state index contributed by atoms with van der Waals surface area (Å²) >= 11 is 1.52. The number of hydrogen-bond acceptors (Lipinski definition) is 5. The summed E-state index contributed by atoms with van der Waals surface area (Å²) in [5.74, 6) is 0.129. The monoisotopic (exact) mass is 276 g/mol. The van der Waals surface area contributed by atoms with Gasteiger partial charge in [0.2, 0.25) is 5.91 Å². The molecule has 6 heteroatoms. The first-order valence-electron chi connectivity index (χ1n) is 5.88. The number of carbonyl (C=O) groups is 2. The summed E-state index contributed by atoms with van der Waals surface area (Å²) in [5.41, 5.74) is 5.22. The van der Waals surface area contributed by atoms with Crippen LogP contribution in [0.1, 0.15) is 27.2 Å². The molecule has 0 aromatic rings. The van der Waals surface area contributed by atoms with Crippen molar-refractivity contribution >= 4 is 23.6 Å². The number of likely N-dealkylation sites (N-methyl/N-ethyl adjacent to an activating group) is 1. The molecule has 0 aliphatic heterocycles. The van der Waals surface area contributed by atoms with Crippen LogP contribution in [0.5, 0.6) is 0 Å². The van der Waals surface area contributed by atoms with E-state index in [4.69, 9.17) is 10.5 Å². The van der Waals surface area contributed by atoms with Gasteiger partial charge in [0, 0.05) is 19.3 Å². The zero-order valence-electron chi connectivity index (χ0n) is 11.9. The van der Waals surface area contributed by atoms with Gasteiger partial charge in [0.05, 0.1) is 12.5 Å². The molecule has 0 fully saturated rings. The second-order valence-electron chi connectivity index (χ2n) is 5.16. The Hall–Kier alpha value is -0.750. The largest absolute Gasteiger partial charge is 0.460 e. The van der Waals surface area contributed by atoms with Crippen LogP contribution in [0.15, 0.2) is 0 Å². The summed E-state index contributed by atoms with van der Waals surface area (Å²) < 4.78 is 5.16. The second-order valence-corrected chi connectivity index (χ2v) is 6.07. The minimum atomic E-state index is -0.511. The predicted octanol–water partition coefficient (Wildman–Crippen LogP) is 0.867. The van der Waals surface area contributed by atoms with E-state index in [-0.39, 0.29) is 18.3 Å². The summed E-state index contributed by atoms with van der Waals surface area (Å²) in [5, 5.41) is 0. The summed E-state index contributed by atoms with van der Waals surface area (Å²) in [6.45, 7) is 5.77. The first-order chi connectivity index (χ1) is 8.17. The second kappa shape index (κ2) is 7.63. The van der Waals surface area contributed by atoms with Crippen LogP contribution in [-0.4, -0.2) is 54.0 Å². The van der Waals surface area contributed by atoms with Crippen LogP contribution in [0.4, 0.5) is 0 Å². The van der Waals surface area contributed by atoms with E-state index in [9.17, 15) is 9.59 Å². The molecule has 0 spiro atoms. The normalized spacial score (nSPS) is 13.0.